The van der Waals surface area contributed by atoms with E-state index in [1.807, 2.05) is 0 Å². The molecule has 25 heavy (non-hydrogen) atoms. The molecule has 2 aromatic carbocycles. The number of rotatable bonds is 7. The van der Waals surface area contributed by atoms with Crippen LogP contribution in [0.1, 0.15) is 12.5 Å². The van der Waals surface area contributed by atoms with Gasteiger partial charge in [0.1, 0.15) is 5.60 Å². The molecule has 0 fully saturated rings. The van der Waals surface area contributed by atoms with E-state index < -0.39 is 15.6 Å². The van der Waals surface area contributed by atoms with Crippen LogP contribution in [0.15, 0.2) is 47.4 Å². The van der Waals surface area contributed by atoms with Crippen LogP contribution in [0.3, 0.4) is 0 Å². The molecule has 1 atom stereocenters. The smallest absolute Gasteiger partial charge is 0.240 e. The zero-order valence-electron chi connectivity index (χ0n) is 14.1. The summed E-state index contributed by atoms with van der Waals surface area (Å²) in [5.41, 5.74) is -0.847. The number of sulfonamides is 1. The van der Waals surface area contributed by atoms with E-state index in [0.717, 1.165) is 0 Å². The van der Waals surface area contributed by atoms with E-state index in [9.17, 15) is 13.5 Å². The number of aliphatic hydroxyl groups is 1. The third-order valence-electron chi connectivity index (χ3n) is 3.74. The predicted molar refractivity (Wildman–Crippen MR) is 95.8 cm³/mol. The molecule has 0 bridgehead atoms. The Labute approximate surface area is 152 Å². The maximum atomic E-state index is 12.5. The normalized spacial score (nSPS) is 14.0. The summed E-state index contributed by atoms with van der Waals surface area (Å²) >= 11 is 5.83. The summed E-state index contributed by atoms with van der Waals surface area (Å²) in [7, 11) is -0.949. The summed E-state index contributed by atoms with van der Waals surface area (Å²) in [6.07, 6.45) is 0. The molecule has 6 nitrogen and oxygen atoms in total. The lowest BCUT2D eigenvalue weighted by atomic mass is 9.97. The van der Waals surface area contributed by atoms with Crippen LogP contribution >= 0.6 is 11.6 Å². The molecular formula is C17H20ClNO5S. The van der Waals surface area contributed by atoms with E-state index in [1.54, 1.807) is 24.3 Å². The number of benzene rings is 2. The molecule has 0 saturated carbocycles. The second-order valence-corrected chi connectivity index (χ2v) is 7.83. The van der Waals surface area contributed by atoms with E-state index in [1.165, 1.54) is 39.3 Å². The Balaban J connectivity index is 2.19. The van der Waals surface area contributed by atoms with Gasteiger partial charge in [-0.15, -0.1) is 0 Å². The number of ether oxygens (including phenoxy) is 2. The first-order chi connectivity index (χ1) is 11.7. The number of hydrogen-bond acceptors (Lipinski definition) is 5. The fraction of sp³-hybridized carbons (Fsp3) is 0.294. The van der Waals surface area contributed by atoms with Gasteiger partial charge in [-0.05, 0) is 36.8 Å². The van der Waals surface area contributed by atoms with Gasteiger partial charge >= 0.3 is 0 Å². The SMILES string of the molecule is COc1ccc(S(=O)(=O)NCC(C)(O)c2ccc(Cl)cc2)cc1OC. The van der Waals surface area contributed by atoms with Gasteiger partial charge in [-0.25, -0.2) is 13.1 Å². The van der Waals surface area contributed by atoms with Crippen LogP contribution in [0.2, 0.25) is 5.02 Å². The molecule has 1 unspecified atom stereocenters. The van der Waals surface area contributed by atoms with Gasteiger partial charge in [0.05, 0.1) is 19.1 Å². The lowest BCUT2D eigenvalue weighted by molar-refractivity contribution is 0.0627. The highest BCUT2D eigenvalue weighted by molar-refractivity contribution is 7.89. The minimum absolute atomic E-state index is 0.0112. The van der Waals surface area contributed by atoms with E-state index in [-0.39, 0.29) is 11.4 Å². The van der Waals surface area contributed by atoms with Crippen molar-refractivity contribution < 1.29 is 23.0 Å². The van der Waals surface area contributed by atoms with Crippen molar-refractivity contribution in [3.05, 3.63) is 53.1 Å². The van der Waals surface area contributed by atoms with Crippen LogP contribution in [-0.2, 0) is 15.6 Å². The minimum Gasteiger partial charge on any atom is -0.493 e. The summed E-state index contributed by atoms with van der Waals surface area (Å²) in [6.45, 7) is 1.32. The highest BCUT2D eigenvalue weighted by atomic mass is 35.5. The van der Waals surface area contributed by atoms with Crippen molar-refractivity contribution >= 4 is 21.6 Å². The highest BCUT2D eigenvalue weighted by Gasteiger charge is 2.26. The Morgan fingerprint density at radius 1 is 1.08 bits per heavy atom. The predicted octanol–water partition coefficient (Wildman–Crippen LogP) is 2.54. The number of halogens is 1. The molecule has 0 spiro atoms. The maximum Gasteiger partial charge on any atom is 0.240 e. The molecule has 2 rings (SSSR count). The topological polar surface area (TPSA) is 84.9 Å². The molecule has 0 heterocycles. The first-order valence-corrected chi connectivity index (χ1v) is 9.26. The summed E-state index contributed by atoms with van der Waals surface area (Å²) in [6, 6.07) is 10.8. The summed E-state index contributed by atoms with van der Waals surface area (Å²) < 4.78 is 37.6. The lowest BCUT2D eigenvalue weighted by Crippen LogP contribution is -2.38. The lowest BCUT2D eigenvalue weighted by Gasteiger charge is -2.24. The number of methoxy groups -OCH3 is 2. The molecule has 0 aliphatic rings. The number of hydrogen-bond donors (Lipinski definition) is 2. The van der Waals surface area contributed by atoms with E-state index in [0.29, 0.717) is 22.1 Å². The van der Waals surface area contributed by atoms with Gasteiger partial charge in [0.2, 0.25) is 10.0 Å². The average molecular weight is 386 g/mol. The van der Waals surface area contributed by atoms with E-state index in [4.69, 9.17) is 21.1 Å². The molecule has 0 amide bonds. The van der Waals surface area contributed by atoms with E-state index >= 15 is 0 Å². The van der Waals surface area contributed by atoms with Crippen molar-refractivity contribution in [3.8, 4) is 11.5 Å². The Kier molecular flexibility index (Phi) is 5.95. The van der Waals surface area contributed by atoms with Gasteiger partial charge in [0, 0.05) is 17.6 Å². The zero-order valence-corrected chi connectivity index (χ0v) is 15.7. The van der Waals surface area contributed by atoms with Gasteiger partial charge in [0.15, 0.2) is 11.5 Å². The summed E-state index contributed by atoms with van der Waals surface area (Å²) in [5, 5.41) is 11.1. The molecule has 2 aromatic rings. The van der Waals surface area contributed by atoms with Crippen molar-refractivity contribution in [3.63, 3.8) is 0 Å². The van der Waals surface area contributed by atoms with Crippen LogP contribution in [0.25, 0.3) is 0 Å². The van der Waals surface area contributed by atoms with Crippen molar-refractivity contribution in [1.29, 1.82) is 0 Å². The van der Waals surface area contributed by atoms with Gasteiger partial charge < -0.3 is 14.6 Å². The third-order valence-corrected chi connectivity index (χ3v) is 5.39. The second kappa shape index (κ2) is 7.61. The molecule has 136 valence electrons. The Bertz CT molecular complexity index is 835. The van der Waals surface area contributed by atoms with Gasteiger partial charge in [-0.1, -0.05) is 23.7 Å². The quantitative estimate of drug-likeness (QED) is 0.765. The fourth-order valence-corrected chi connectivity index (χ4v) is 3.49. The molecule has 0 aliphatic heterocycles. The Morgan fingerprint density at radius 3 is 2.24 bits per heavy atom. The third kappa shape index (κ3) is 4.64. The van der Waals surface area contributed by atoms with Crippen LogP contribution < -0.4 is 14.2 Å². The van der Waals surface area contributed by atoms with Crippen LogP contribution in [0.5, 0.6) is 11.5 Å². The average Bonchev–Trinajstić information content (AvgIpc) is 2.60. The highest BCUT2D eigenvalue weighted by Crippen LogP contribution is 2.29. The summed E-state index contributed by atoms with van der Waals surface area (Å²) in [5.74, 6) is 0.726. The standard InChI is InChI=1S/C17H20ClNO5S/c1-17(20,12-4-6-13(18)7-5-12)11-19-25(21,22)14-8-9-15(23-2)16(10-14)24-3/h4-10,19-20H,11H2,1-3H3. The van der Waals surface area contributed by atoms with Crippen LogP contribution in [0, 0.1) is 0 Å². The Morgan fingerprint density at radius 2 is 1.68 bits per heavy atom. The maximum absolute atomic E-state index is 12.5. The molecule has 2 N–H and O–H groups in total. The fourth-order valence-electron chi connectivity index (χ4n) is 2.21. The molecule has 0 aliphatic carbocycles. The Hall–Kier alpha value is -1.80. The first-order valence-electron chi connectivity index (χ1n) is 7.40. The first kappa shape index (κ1) is 19.5. The molecule has 8 heteroatoms. The molecular weight excluding hydrogens is 366 g/mol. The van der Waals surface area contributed by atoms with E-state index in [2.05, 4.69) is 4.72 Å². The minimum atomic E-state index is -3.84. The van der Waals surface area contributed by atoms with Crippen LogP contribution in [-0.4, -0.2) is 34.3 Å². The second-order valence-electron chi connectivity index (χ2n) is 5.62. The monoisotopic (exact) mass is 385 g/mol. The molecule has 0 aromatic heterocycles. The van der Waals surface area contributed by atoms with Gasteiger partial charge in [-0.3, -0.25) is 0 Å². The van der Waals surface area contributed by atoms with Crippen molar-refractivity contribution in [2.75, 3.05) is 20.8 Å². The zero-order chi connectivity index (χ0) is 18.7. The largest absolute Gasteiger partial charge is 0.493 e. The van der Waals surface area contributed by atoms with Gasteiger partial charge in [-0.2, -0.15) is 0 Å². The van der Waals surface area contributed by atoms with Gasteiger partial charge in [0.25, 0.3) is 0 Å². The molecule has 0 radical (unpaired) electrons. The number of nitrogens with one attached hydrogen (secondary N) is 1. The van der Waals surface area contributed by atoms with Crippen molar-refractivity contribution in [2.45, 2.75) is 17.4 Å². The molecule has 0 saturated heterocycles. The van der Waals surface area contributed by atoms with Crippen molar-refractivity contribution in [1.82, 2.24) is 4.72 Å². The van der Waals surface area contributed by atoms with Crippen LogP contribution in [0.4, 0.5) is 0 Å². The summed E-state index contributed by atoms with van der Waals surface area (Å²) in [4.78, 5) is 0.0112. The van der Waals surface area contributed by atoms with Crippen molar-refractivity contribution in [2.24, 2.45) is 0 Å².